The summed E-state index contributed by atoms with van der Waals surface area (Å²) in [5.74, 6) is 0.532. The van der Waals surface area contributed by atoms with Gasteiger partial charge in [-0.05, 0) is 30.7 Å². The first-order valence-corrected chi connectivity index (χ1v) is 9.85. The van der Waals surface area contributed by atoms with E-state index in [0.717, 1.165) is 6.54 Å². The third-order valence-corrected chi connectivity index (χ3v) is 6.05. The van der Waals surface area contributed by atoms with Crippen molar-refractivity contribution in [3.05, 3.63) is 108 Å². The zero-order valence-electron chi connectivity index (χ0n) is 16.1. The van der Waals surface area contributed by atoms with Crippen molar-refractivity contribution in [3.8, 4) is 0 Å². The Balaban J connectivity index is 1.63. The second-order valence-corrected chi connectivity index (χ2v) is 7.59. The number of likely N-dealkylation sites (tertiary alicyclic amines) is 1. The fourth-order valence-corrected chi connectivity index (χ4v) is 4.48. The Kier molecular flexibility index (Phi) is 5.38. The van der Waals surface area contributed by atoms with Gasteiger partial charge in [-0.25, -0.2) is 0 Å². The Morgan fingerprint density at radius 3 is 2.00 bits per heavy atom. The smallest absolute Gasteiger partial charge is 0.0487 e. The monoisotopic (exact) mass is 356 g/mol. The fourth-order valence-electron chi connectivity index (χ4n) is 4.48. The van der Waals surface area contributed by atoms with Gasteiger partial charge in [0, 0.05) is 30.6 Å². The van der Waals surface area contributed by atoms with Crippen LogP contribution in [0, 0.1) is 0 Å². The molecule has 27 heavy (non-hydrogen) atoms. The SMILES string of the molecule is C[C@H]1[C@H](c2ccccc2)[C@@H]([C@H](NCc2ccccc2)c2ccccc2)N1C. The Bertz CT molecular complexity index is 832. The summed E-state index contributed by atoms with van der Waals surface area (Å²) in [6.07, 6.45) is 0. The summed E-state index contributed by atoms with van der Waals surface area (Å²) < 4.78 is 0. The number of nitrogens with zero attached hydrogens (tertiary/aromatic N) is 1. The molecule has 3 aromatic rings. The quantitative estimate of drug-likeness (QED) is 0.668. The summed E-state index contributed by atoms with van der Waals surface area (Å²) in [7, 11) is 2.26. The minimum absolute atomic E-state index is 0.290. The van der Waals surface area contributed by atoms with Crippen LogP contribution in [0.1, 0.15) is 35.6 Å². The molecule has 0 unspecified atom stereocenters. The zero-order chi connectivity index (χ0) is 18.6. The van der Waals surface area contributed by atoms with E-state index in [0.29, 0.717) is 18.0 Å². The van der Waals surface area contributed by atoms with Gasteiger partial charge in [-0.3, -0.25) is 4.90 Å². The molecule has 2 nitrogen and oxygen atoms in total. The second-order valence-electron chi connectivity index (χ2n) is 7.59. The number of hydrogen-bond acceptors (Lipinski definition) is 2. The molecule has 0 radical (unpaired) electrons. The number of hydrogen-bond donors (Lipinski definition) is 1. The first kappa shape index (κ1) is 18.0. The van der Waals surface area contributed by atoms with Gasteiger partial charge in [-0.2, -0.15) is 0 Å². The molecular formula is C25H28N2. The summed E-state index contributed by atoms with van der Waals surface area (Å²) in [5.41, 5.74) is 4.12. The number of rotatable bonds is 6. The molecule has 0 saturated carbocycles. The van der Waals surface area contributed by atoms with Gasteiger partial charge in [0.2, 0.25) is 0 Å². The molecule has 1 heterocycles. The molecule has 1 fully saturated rings. The molecule has 1 aliphatic heterocycles. The van der Waals surface area contributed by atoms with Gasteiger partial charge in [0.1, 0.15) is 0 Å². The maximum absolute atomic E-state index is 3.86. The van der Waals surface area contributed by atoms with Gasteiger partial charge >= 0.3 is 0 Å². The van der Waals surface area contributed by atoms with E-state index in [-0.39, 0.29) is 6.04 Å². The molecule has 1 aliphatic rings. The summed E-state index contributed by atoms with van der Waals surface area (Å²) >= 11 is 0. The van der Waals surface area contributed by atoms with E-state index in [1.165, 1.54) is 16.7 Å². The Labute approximate surface area is 162 Å². The lowest BCUT2D eigenvalue weighted by atomic mass is 9.71. The lowest BCUT2D eigenvalue weighted by Crippen LogP contribution is -2.63. The predicted molar refractivity (Wildman–Crippen MR) is 113 cm³/mol. The van der Waals surface area contributed by atoms with Gasteiger partial charge in [0.15, 0.2) is 0 Å². The summed E-state index contributed by atoms with van der Waals surface area (Å²) in [6, 6.07) is 33.8. The normalized spacial score (nSPS) is 23.6. The molecular weight excluding hydrogens is 328 g/mol. The molecule has 2 heteroatoms. The van der Waals surface area contributed by atoms with Crippen molar-refractivity contribution in [2.24, 2.45) is 0 Å². The maximum atomic E-state index is 3.86. The molecule has 4 atom stereocenters. The van der Waals surface area contributed by atoms with Crippen LogP contribution in [0.4, 0.5) is 0 Å². The average Bonchev–Trinajstić information content (AvgIpc) is 2.75. The van der Waals surface area contributed by atoms with Crippen molar-refractivity contribution >= 4 is 0 Å². The molecule has 0 spiro atoms. The molecule has 0 aliphatic carbocycles. The maximum Gasteiger partial charge on any atom is 0.0487 e. The standard InChI is InChI=1S/C25H28N2/c1-19-23(21-14-8-4-9-15-21)25(27(19)2)24(22-16-10-5-11-17-22)26-18-20-12-6-3-7-13-20/h3-17,19,23-26H,18H2,1-2H3/t19-,23+,24+,25-/m0/s1. The van der Waals surface area contributed by atoms with E-state index in [1.807, 2.05) is 0 Å². The molecule has 138 valence electrons. The summed E-state index contributed by atoms with van der Waals surface area (Å²) in [4.78, 5) is 2.52. The van der Waals surface area contributed by atoms with E-state index < -0.39 is 0 Å². The van der Waals surface area contributed by atoms with Crippen LogP contribution in [-0.2, 0) is 6.54 Å². The lowest BCUT2D eigenvalue weighted by Gasteiger charge is -2.56. The Morgan fingerprint density at radius 1 is 0.815 bits per heavy atom. The molecule has 1 N–H and O–H groups in total. The minimum Gasteiger partial charge on any atom is -0.304 e. The number of benzene rings is 3. The van der Waals surface area contributed by atoms with Crippen molar-refractivity contribution in [2.75, 3.05) is 7.05 Å². The van der Waals surface area contributed by atoms with Crippen molar-refractivity contribution in [1.29, 1.82) is 0 Å². The van der Waals surface area contributed by atoms with E-state index >= 15 is 0 Å². The van der Waals surface area contributed by atoms with Crippen LogP contribution in [0.15, 0.2) is 91.0 Å². The van der Waals surface area contributed by atoms with Gasteiger partial charge in [-0.15, -0.1) is 0 Å². The van der Waals surface area contributed by atoms with E-state index in [1.54, 1.807) is 0 Å². The molecule has 0 amide bonds. The van der Waals surface area contributed by atoms with E-state index in [9.17, 15) is 0 Å². The first-order chi connectivity index (χ1) is 13.3. The highest BCUT2D eigenvalue weighted by molar-refractivity contribution is 5.32. The van der Waals surface area contributed by atoms with Crippen LogP contribution in [0.25, 0.3) is 0 Å². The van der Waals surface area contributed by atoms with Crippen LogP contribution in [-0.4, -0.2) is 24.0 Å². The number of nitrogens with one attached hydrogen (secondary N) is 1. The van der Waals surface area contributed by atoms with Crippen LogP contribution >= 0.6 is 0 Å². The average molecular weight is 357 g/mol. The van der Waals surface area contributed by atoms with Crippen molar-refractivity contribution in [3.63, 3.8) is 0 Å². The zero-order valence-corrected chi connectivity index (χ0v) is 16.1. The van der Waals surface area contributed by atoms with Gasteiger partial charge in [0.05, 0.1) is 0 Å². The second kappa shape index (κ2) is 8.08. The minimum atomic E-state index is 0.290. The van der Waals surface area contributed by atoms with Gasteiger partial charge in [0.25, 0.3) is 0 Å². The van der Waals surface area contributed by atoms with Crippen LogP contribution in [0.3, 0.4) is 0 Å². The fraction of sp³-hybridized carbons (Fsp3) is 0.280. The summed E-state index contributed by atoms with van der Waals surface area (Å²) in [5, 5.41) is 3.86. The van der Waals surface area contributed by atoms with Gasteiger partial charge in [-0.1, -0.05) is 91.0 Å². The highest BCUT2D eigenvalue weighted by Gasteiger charge is 2.48. The molecule has 0 bridgehead atoms. The lowest BCUT2D eigenvalue weighted by molar-refractivity contribution is -0.00319. The number of likely N-dealkylation sites (N-methyl/N-ethyl adjacent to an activating group) is 1. The third kappa shape index (κ3) is 3.69. The highest BCUT2D eigenvalue weighted by atomic mass is 15.3. The van der Waals surface area contributed by atoms with Crippen LogP contribution in [0.2, 0.25) is 0 Å². The van der Waals surface area contributed by atoms with Crippen molar-refractivity contribution in [2.45, 2.75) is 37.5 Å². The van der Waals surface area contributed by atoms with Crippen molar-refractivity contribution in [1.82, 2.24) is 10.2 Å². The summed E-state index contributed by atoms with van der Waals surface area (Å²) in [6.45, 7) is 3.22. The topological polar surface area (TPSA) is 15.3 Å². The Hall–Kier alpha value is -2.42. The Morgan fingerprint density at radius 2 is 1.37 bits per heavy atom. The molecule has 3 aromatic carbocycles. The third-order valence-electron chi connectivity index (χ3n) is 6.05. The molecule has 0 aromatic heterocycles. The van der Waals surface area contributed by atoms with E-state index in [4.69, 9.17) is 0 Å². The van der Waals surface area contributed by atoms with Crippen molar-refractivity contribution < 1.29 is 0 Å². The highest BCUT2D eigenvalue weighted by Crippen LogP contribution is 2.45. The van der Waals surface area contributed by atoms with Crippen LogP contribution in [0.5, 0.6) is 0 Å². The first-order valence-electron chi connectivity index (χ1n) is 9.85. The largest absolute Gasteiger partial charge is 0.304 e. The molecule has 4 rings (SSSR count). The van der Waals surface area contributed by atoms with Crippen LogP contribution < -0.4 is 5.32 Å². The van der Waals surface area contributed by atoms with E-state index in [2.05, 4.69) is 115 Å². The van der Waals surface area contributed by atoms with Gasteiger partial charge < -0.3 is 5.32 Å². The predicted octanol–water partition coefficient (Wildman–Crippen LogP) is 5.00. The molecule has 1 saturated heterocycles.